The van der Waals surface area contributed by atoms with Crippen LogP contribution >= 0.6 is 11.8 Å². The van der Waals surface area contributed by atoms with Crippen molar-refractivity contribution in [2.45, 2.75) is 30.3 Å². The number of benzene rings is 1. The van der Waals surface area contributed by atoms with E-state index in [0.29, 0.717) is 13.2 Å². The van der Waals surface area contributed by atoms with E-state index in [-0.39, 0.29) is 18.5 Å². The van der Waals surface area contributed by atoms with Crippen LogP contribution in [0.1, 0.15) is 24.9 Å². The van der Waals surface area contributed by atoms with Crippen LogP contribution in [0.3, 0.4) is 0 Å². The van der Waals surface area contributed by atoms with Gasteiger partial charge in [-0.1, -0.05) is 12.1 Å². The molecule has 2 unspecified atom stereocenters. The van der Waals surface area contributed by atoms with Crippen LogP contribution in [0.4, 0.5) is 0 Å². The van der Waals surface area contributed by atoms with E-state index >= 15 is 0 Å². The Morgan fingerprint density at radius 2 is 2.20 bits per heavy atom. The number of hydrogen-bond donors (Lipinski definition) is 1. The average Bonchev–Trinajstić information content (AvgIpc) is 2.46. The van der Waals surface area contributed by atoms with E-state index in [2.05, 4.69) is 42.3 Å². The van der Waals surface area contributed by atoms with Gasteiger partial charge in [-0.3, -0.25) is 9.69 Å². The Morgan fingerprint density at radius 3 is 2.80 bits per heavy atom. The van der Waals surface area contributed by atoms with Gasteiger partial charge in [0.1, 0.15) is 0 Å². The van der Waals surface area contributed by atoms with Crippen LogP contribution in [0.25, 0.3) is 0 Å². The van der Waals surface area contributed by atoms with Crippen LogP contribution in [0.2, 0.25) is 0 Å². The molecule has 0 bridgehead atoms. The highest BCUT2D eigenvalue weighted by molar-refractivity contribution is 7.98. The maximum absolute atomic E-state index is 11.0. The summed E-state index contributed by atoms with van der Waals surface area (Å²) in [7, 11) is 0. The molecule has 1 heterocycles. The summed E-state index contributed by atoms with van der Waals surface area (Å²) in [4.78, 5) is 14.5. The molecule has 0 aromatic heterocycles. The summed E-state index contributed by atoms with van der Waals surface area (Å²) < 4.78 is 5.43. The van der Waals surface area contributed by atoms with Crippen molar-refractivity contribution >= 4 is 17.7 Å². The highest BCUT2D eigenvalue weighted by Crippen LogP contribution is 2.27. The maximum Gasteiger partial charge on any atom is 0.305 e. The molecular weight excluding hydrogens is 274 g/mol. The average molecular weight is 295 g/mol. The molecule has 20 heavy (non-hydrogen) atoms. The minimum Gasteiger partial charge on any atom is -0.481 e. The molecule has 1 aliphatic heterocycles. The SMILES string of the molecule is CSc1ccc(C(C)N2CCOCC2CC(=O)O)cc1. The fraction of sp³-hybridized carbons (Fsp3) is 0.533. The van der Waals surface area contributed by atoms with Gasteiger partial charge in [-0.05, 0) is 30.9 Å². The third-order valence-electron chi connectivity index (χ3n) is 3.78. The highest BCUT2D eigenvalue weighted by Gasteiger charge is 2.29. The van der Waals surface area contributed by atoms with Crippen molar-refractivity contribution in [3.8, 4) is 0 Å². The van der Waals surface area contributed by atoms with E-state index in [0.717, 1.165) is 6.54 Å². The van der Waals surface area contributed by atoms with Crippen LogP contribution in [0.5, 0.6) is 0 Å². The van der Waals surface area contributed by atoms with Crippen molar-refractivity contribution in [2.24, 2.45) is 0 Å². The summed E-state index contributed by atoms with van der Waals surface area (Å²) in [6, 6.07) is 8.65. The molecule has 4 nitrogen and oxygen atoms in total. The predicted molar refractivity (Wildman–Crippen MR) is 80.2 cm³/mol. The third kappa shape index (κ3) is 3.75. The molecule has 1 fully saturated rings. The number of carbonyl (C=O) groups is 1. The molecule has 2 rings (SSSR count). The lowest BCUT2D eigenvalue weighted by Crippen LogP contribution is -2.47. The number of carboxylic acids is 1. The molecule has 0 aliphatic carbocycles. The van der Waals surface area contributed by atoms with Gasteiger partial charge < -0.3 is 9.84 Å². The number of carboxylic acid groups (broad SMARTS) is 1. The van der Waals surface area contributed by atoms with E-state index in [1.807, 2.05) is 0 Å². The van der Waals surface area contributed by atoms with Gasteiger partial charge in [-0.15, -0.1) is 11.8 Å². The zero-order valence-electron chi connectivity index (χ0n) is 11.9. The zero-order chi connectivity index (χ0) is 14.5. The summed E-state index contributed by atoms with van der Waals surface area (Å²) in [6.07, 6.45) is 2.19. The number of nitrogens with zero attached hydrogens (tertiary/aromatic N) is 1. The van der Waals surface area contributed by atoms with Gasteiger partial charge in [0.25, 0.3) is 0 Å². The zero-order valence-corrected chi connectivity index (χ0v) is 12.7. The van der Waals surface area contributed by atoms with Gasteiger partial charge in [-0.2, -0.15) is 0 Å². The number of thioether (sulfide) groups is 1. The Morgan fingerprint density at radius 1 is 1.50 bits per heavy atom. The quantitative estimate of drug-likeness (QED) is 0.846. The van der Waals surface area contributed by atoms with Crippen LogP contribution in [0.15, 0.2) is 29.2 Å². The summed E-state index contributed by atoms with van der Waals surface area (Å²) in [6.45, 7) is 4.08. The van der Waals surface area contributed by atoms with Crippen LogP contribution in [-0.2, 0) is 9.53 Å². The van der Waals surface area contributed by atoms with Crippen LogP contribution in [0, 0.1) is 0 Å². The van der Waals surface area contributed by atoms with Crippen molar-refractivity contribution in [3.63, 3.8) is 0 Å². The molecule has 1 aliphatic rings. The Hall–Kier alpha value is -1.04. The molecule has 110 valence electrons. The van der Waals surface area contributed by atoms with Crippen molar-refractivity contribution in [3.05, 3.63) is 29.8 Å². The first-order chi connectivity index (χ1) is 9.61. The topological polar surface area (TPSA) is 49.8 Å². The summed E-state index contributed by atoms with van der Waals surface area (Å²) in [5.41, 5.74) is 1.22. The van der Waals surface area contributed by atoms with E-state index in [1.54, 1.807) is 11.8 Å². The van der Waals surface area contributed by atoms with E-state index < -0.39 is 5.97 Å². The van der Waals surface area contributed by atoms with E-state index in [4.69, 9.17) is 9.84 Å². The third-order valence-corrected chi connectivity index (χ3v) is 4.52. The smallest absolute Gasteiger partial charge is 0.305 e. The van der Waals surface area contributed by atoms with E-state index in [9.17, 15) is 4.79 Å². The first kappa shape index (κ1) is 15.4. The minimum absolute atomic E-state index is 0.0449. The molecule has 2 atom stereocenters. The van der Waals surface area contributed by atoms with Gasteiger partial charge in [-0.25, -0.2) is 0 Å². The number of aliphatic carboxylic acids is 1. The number of morpholine rings is 1. The standard InChI is InChI=1S/C15H21NO3S/c1-11(12-3-5-14(20-2)6-4-12)16-7-8-19-10-13(16)9-15(17)18/h3-6,11,13H,7-10H2,1-2H3,(H,17,18). The Balaban J connectivity index is 2.11. The lowest BCUT2D eigenvalue weighted by molar-refractivity contribution is -0.140. The molecule has 1 aromatic carbocycles. The van der Waals surface area contributed by atoms with Crippen LogP contribution in [-0.4, -0.2) is 48.0 Å². The summed E-state index contributed by atoms with van der Waals surface area (Å²) >= 11 is 1.72. The molecule has 1 aromatic rings. The normalized spacial score (nSPS) is 21.6. The minimum atomic E-state index is -0.768. The molecule has 5 heteroatoms. The Kier molecular flexibility index (Phi) is 5.46. The Labute approximate surface area is 124 Å². The molecule has 0 amide bonds. The predicted octanol–water partition coefficient (Wildman–Crippen LogP) is 2.65. The largest absolute Gasteiger partial charge is 0.481 e. The first-order valence-corrected chi connectivity index (χ1v) is 8.03. The number of rotatable bonds is 5. The fourth-order valence-corrected chi connectivity index (χ4v) is 3.04. The van der Waals surface area contributed by atoms with Gasteiger partial charge in [0.15, 0.2) is 0 Å². The number of hydrogen-bond acceptors (Lipinski definition) is 4. The lowest BCUT2D eigenvalue weighted by Gasteiger charge is -2.39. The monoisotopic (exact) mass is 295 g/mol. The highest BCUT2D eigenvalue weighted by atomic mass is 32.2. The lowest BCUT2D eigenvalue weighted by atomic mass is 10.0. The summed E-state index contributed by atoms with van der Waals surface area (Å²) in [5.74, 6) is -0.768. The molecule has 0 saturated carbocycles. The second-order valence-electron chi connectivity index (χ2n) is 5.01. The van der Waals surface area contributed by atoms with Crippen molar-refractivity contribution < 1.29 is 14.6 Å². The molecule has 1 N–H and O–H groups in total. The van der Waals surface area contributed by atoms with Crippen molar-refractivity contribution in [1.82, 2.24) is 4.90 Å². The molecule has 0 radical (unpaired) electrons. The number of ether oxygens (including phenoxy) is 1. The van der Waals surface area contributed by atoms with Crippen molar-refractivity contribution in [2.75, 3.05) is 26.0 Å². The van der Waals surface area contributed by atoms with Crippen molar-refractivity contribution in [1.29, 1.82) is 0 Å². The second-order valence-corrected chi connectivity index (χ2v) is 5.89. The summed E-state index contributed by atoms with van der Waals surface area (Å²) in [5, 5.41) is 9.02. The van der Waals surface area contributed by atoms with Gasteiger partial charge >= 0.3 is 5.97 Å². The first-order valence-electron chi connectivity index (χ1n) is 6.81. The van der Waals surface area contributed by atoms with Crippen LogP contribution < -0.4 is 0 Å². The van der Waals surface area contributed by atoms with E-state index in [1.165, 1.54) is 10.5 Å². The fourth-order valence-electron chi connectivity index (χ4n) is 2.63. The molecule has 1 saturated heterocycles. The second kappa shape index (κ2) is 7.11. The maximum atomic E-state index is 11.0. The Bertz CT molecular complexity index is 449. The molecule has 0 spiro atoms. The molecular formula is C15H21NO3S. The van der Waals surface area contributed by atoms with Gasteiger partial charge in [0, 0.05) is 23.5 Å². The van der Waals surface area contributed by atoms with Gasteiger partial charge in [0.2, 0.25) is 0 Å². The van der Waals surface area contributed by atoms with Gasteiger partial charge in [0.05, 0.1) is 19.6 Å².